The molecule has 0 bridgehead atoms. The lowest BCUT2D eigenvalue weighted by Gasteiger charge is -2.07. The van der Waals surface area contributed by atoms with Crippen LogP contribution in [0.3, 0.4) is 0 Å². The first kappa shape index (κ1) is 21.2. The first-order valence-electron chi connectivity index (χ1n) is 5.82. The predicted octanol–water partition coefficient (Wildman–Crippen LogP) is 0.656. The van der Waals surface area contributed by atoms with Gasteiger partial charge < -0.3 is 20.1 Å². The minimum absolute atomic E-state index is 0. The highest BCUT2D eigenvalue weighted by Crippen LogP contribution is 2.04. The number of nitrogens with one attached hydrogen (secondary N) is 2. The normalized spacial score (nSPS) is 9.05. The summed E-state index contributed by atoms with van der Waals surface area (Å²) in [7, 11) is 1.65. The molecular weight excluding hydrogens is 305 g/mol. The zero-order chi connectivity index (χ0) is 13.1. The van der Waals surface area contributed by atoms with Crippen LogP contribution in [0.25, 0.3) is 0 Å². The molecule has 6 nitrogen and oxygen atoms in total. The van der Waals surface area contributed by atoms with Crippen molar-refractivity contribution in [3.8, 4) is 5.75 Å². The number of nitrogens with zero attached hydrogens (tertiary/aromatic N) is 1. The van der Waals surface area contributed by atoms with E-state index in [1.54, 1.807) is 31.6 Å². The Morgan fingerprint density at radius 1 is 1.30 bits per heavy atom. The number of pyridine rings is 1. The van der Waals surface area contributed by atoms with Crippen molar-refractivity contribution in [1.82, 2.24) is 15.6 Å². The van der Waals surface area contributed by atoms with Gasteiger partial charge in [-0.1, -0.05) is 0 Å². The van der Waals surface area contributed by atoms with Gasteiger partial charge in [0.25, 0.3) is 5.91 Å². The van der Waals surface area contributed by atoms with Crippen LogP contribution < -0.4 is 15.4 Å². The molecule has 0 aliphatic rings. The number of ether oxygens (including phenoxy) is 2. The molecule has 0 aromatic carbocycles. The fourth-order valence-electron chi connectivity index (χ4n) is 1.22. The highest BCUT2D eigenvalue weighted by molar-refractivity contribution is 5.85. The van der Waals surface area contributed by atoms with Crippen molar-refractivity contribution < 1.29 is 14.3 Å². The van der Waals surface area contributed by atoms with E-state index >= 15 is 0 Å². The Morgan fingerprint density at radius 2 is 2.10 bits per heavy atom. The molecule has 20 heavy (non-hydrogen) atoms. The Morgan fingerprint density at radius 3 is 2.75 bits per heavy atom. The summed E-state index contributed by atoms with van der Waals surface area (Å²) < 4.78 is 10.1. The molecule has 0 aliphatic heterocycles. The van der Waals surface area contributed by atoms with E-state index in [1.807, 2.05) is 0 Å². The zero-order valence-corrected chi connectivity index (χ0v) is 13.0. The highest BCUT2D eigenvalue weighted by Gasteiger charge is 2.01. The Kier molecular flexibility index (Phi) is 15.2. The Balaban J connectivity index is 0. The van der Waals surface area contributed by atoms with E-state index in [4.69, 9.17) is 9.47 Å². The molecule has 1 aromatic rings. The van der Waals surface area contributed by atoms with Crippen molar-refractivity contribution in [2.45, 2.75) is 0 Å². The van der Waals surface area contributed by atoms with Gasteiger partial charge in [0.05, 0.1) is 12.8 Å². The van der Waals surface area contributed by atoms with E-state index in [2.05, 4.69) is 15.6 Å². The van der Waals surface area contributed by atoms with E-state index in [1.165, 1.54) is 0 Å². The van der Waals surface area contributed by atoms with Crippen LogP contribution in [-0.4, -0.2) is 50.8 Å². The number of carbonyl (C=O) groups is 1. The number of methoxy groups -OCH3 is 1. The average Bonchev–Trinajstić information content (AvgIpc) is 2.41. The van der Waals surface area contributed by atoms with Gasteiger partial charge in [-0.2, -0.15) is 0 Å². The molecule has 0 atom stereocenters. The molecule has 0 fully saturated rings. The molecule has 0 aliphatic carbocycles. The smallest absolute Gasteiger partial charge is 0.257 e. The van der Waals surface area contributed by atoms with Crippen molar-refractivity contribution in [3.05, 3.63) is 24.5 Å². The summed E-state index contributed by atoms with van der Waals surface area (Å²) in [5.41, 5.74) is 0. The molecule has 0 saturated heterocycles. The quantitative estimate of drug-likeness (QED) is 0.652. The van der Waals surface area contributed by atoms with Gasteiger partial charge in [-0.25, -0.2) is 0 Å². The predicted molar refractivity (Wildman–Crippen MR) is 82.0 cm³/mol. The Bertz CT molecular complexity index is 342. The first-order valence-corrected chi connectivity index (χ1v) is 5.82. The van der Waals surface area contributed by atoms with Crippen molar-refractivity contribution in [2.24, 2.45) is 0 Å². The van der Waals surface area contributed by atoms with Gasteiger partial charge in [0, 0.05) is 32.9 Å². The molecule has 2 N–H and O–H groups in total. The van der Waals surface area contributed by atoms with E-state index in [0.717, 1.165) is 6.54 Å². The maximum absolute atomic E-state index is 11.4. The fraction of sp³-hybridized carbons (Fsp3) is 0.500. The standard InChI is InChI=1S/C12H19N3O3.2ClH/c1-17-8-7-13-5-6-15-12(16)10-18-11-3-2-4-14-9-11;;/h2-4,9,13H,5-8,10H2,1H3,(H,15,16);2*1H. The third kappa shape index (κ3) is 10.8. The van der Waals surface area contributed by atoms with E-state index in [0.29, 0.717) is 25.4 Å². The number of amides is 1. The molecule has 0 radical (unpaired) electrons. The molecule has 0 unspecified atom stereocenters. The van der Waals surface area contributed by atoms with Gasteiger partial charge in [-0.15, -0.1) is 24.8 Å². The Labute approximate surface area is 131 Å². The summed E-state index contributed by atoms with van der Waals surface area (Å²) in [6.45, 7) is 2.72. The van der Waals surface area contributed by atoms with Gasteiger partial charge in [0.1, 0.15) is 5.75 Å². The lowest BCUT2D eigenvalue weighted by molar-refractivity contribution is -0.123. The van der Waals surface area contributed by atoms with Crippen molar-refractivity contribution >= 4 is 30.7 Å². The zero-order valence-electron chi connectivity index (χ0n) is 11.3. The summed E-state index contributed by atoms with van der Waals surface area (Å²) in [5, 5.41) is 5.87. The molecule has 1 amide bonds. The molecule has 1 rings (SSSR count). The minimum Gasteiger partial charge on any atom is -0.482 e. The van der Waals surface area contributed by atoms with Gasteiger partial charge in [0.15, 0.2) is 6.61 Å². The number of carbonyl (C=O) groups excluding carboxylic acids is 1. The first-order chi connectivity index (χ1) is 8.83. The number of hydrogen-bond donors (Lipinski definition) is 2. The van der Waals surface area contributed by atoms with Gasteiger partial charge in [-0.05, 0) is 12.1 Å². The molecule has 1 heterocycles. The van der Waals surface area contributed by atoms with Crippen molar-refractivity contribution in [3.63, 3.8) is 0 Å². The molecule has 0 spiro atoms. The molecular formula is C12H21Cl2N3O3. The SMILES string of the molecule is COCCNCCNC(=O)COc1cccnc1.Cl.Cl. The maximum Gasteiger partial charge on any atom is 0.257 e. The second kappa shape index (κ2) is 14.3. The lowest BCUT2D eigenvalue weighted by Crippen LogP contribution is -2.35. The third-order valence-corrected chi connectivity index (χ3v) is 2.11. The molecule has 0 saturated carbocycles. The van der Waals surface area contributed by atoms with Gasteiger partial charge in [-0.3, -0.25) is 9.78 Å². The van der Waals surface area contributed by atoms with Gasteiger partial charge in [0.2, 0.25) is 0 Å². The van der Waals surface area contributed by atoms with Crippen LogP contribution in [0.2, 0.25) is 0 Å². The number of halogens is 2. The van der Waals surface area contributed by atoms with E-state index in [9.17, 15) is 4.79 Å². The molecule has 1 aromatic heterocycles. The van der Waals surface area contributed by atoms with Crippen LogP contribution in [0.4, 0.5) is 0 Å². The lowest BCUT2D eigenvalue weighted by atomic mass is 10.4. The molecule has 116 valence electrons. The van der Waals surface area contributed by atoms with Crippen molar-refractivity contribution in [2.75, 3.05) is 40.0 Å². The van der Waals surface area contributed by atoms with Crippen LogP contribution in [0.1, 0.15) is 0 Å². The van der Waals surface area contributed by atoms with Crippen LogP contribution in [0.5, 0.6) is 5.75 Å². The fourth-order valence-corrected chi connectivity index (χ4v) is 1.22. The summed E-state index contributed by atoms with van der Waals surface area (Å²) in [4.78, 5) is 15.3. The van der Waals surface area contributed by atoms with Crippen LogP contribution in [0, 0.1) is 0 Å². The van der Waals surface area contributed by atoms with Crippen LogP contribution >= 0.6 is 24.8 Å². The van der Waals surface area contributed by atoms with Gasteiger partial charge >= 0.3 is 0 Å². The maximum atomic E-state index is 11.4. The number of aromatic nitrogens is 1. The minimum atomic E-state index is -0.146. The van der Waals surface area contributed by atoms with E-state index in [-0.39, 0.29) is 37.3 Å². The molecule has 8 heteroatoms. The monoisotopic (exact) mass is 325 g/mol. The highest BCUT2D eigenvalue weighted by atomic mass is 35.5. The summed E-state index contributed by atoms with van der Waals surface area (Å²) in [6, 6.07) is 3.51. The van der Waals surface area contributed by atoms with Crippen molar-refractivity contribution in [1.29, 1.82) is 0 Å². The number of hydrogen-bond acceptors (Lipinski definition) is 5. The third-order valence-electron chi connectivity index (χ3n) is 2.11. The Hall–Kier alpha value is -1.08. The summed E-state index contributed by atoms with van der Waals surface area (Å²) >= 11 is 0. The van der Waals surface area contributed by atoms with Crippen LogP contribution in [-0.2, 0) is 9.53 Å². The second-order valence-corrected chi connectivity index (χ2v) is 3.57. The van der Waals surface area contributed by atoms with Crippen LogP contribution in [0.15, 0.2) is 24.5 Å². The number of rotatable bonds is 9. The average molecular weight is 326 g/mol. The summed E-state index contributed by atoms with van der Waals surface area (Å²) in [5.74, 6) is 0.443. The largest absolute Gasteiger partial charge is 0.482 e. The topological polar surface area (TPSA) is 72.5 Å². The second-order valence-electron chi connectivity index (χ2n) is 3.57. The summed E-state index contributed by atoms with van der Waals surface area (Å²) in [6.07, 6.45) is 3.22. The van der Waals surface area contributed by atoms with E-state index < -0.39 is 0 Å².